The molecular weight excluding hydrogens is 665 g/mol. The largest absolute Gasteiger partial charge is 0.492 e. The van der Waals surface area contributed by atoms with Gasteiger partial charge in [0.05, 0.1) is 21.6 Å². The standard InChI is InChI=1S/C26H21ClINO7S2/c1-2-34-22-15-17(14-21(28)24(22)36-38(32,33)20-10-8-18(27)9-11-20)16-23-25(30)29(26(31)37-23)12-13-35-19-6-4-3-5-7-19/h3-11,14-16H,2,12-13H2,1H3/b23-16-. The molecule has 0 aliphatic carbocycles. The predicted octanol–water partition coefficient (Wildman–Crippen LogP) is 6.23. The number of hydrogen-bond donors (Lipinski definition) is 0. The first kappa shape index (κ1) is 28.3. The van der Waals surface area contributed by atoms with Gasteiger partial charge in [0.1, 0.15) is 17.3 Å². The van der Waals surface area contributed by atoms with E-state index in [2.05, 4.69) is 0 Å². The van der Waals surface area contributed by atoms with Gasteiger partial charge in [-0.1, -0.05) is 29.8 Å². The summed E-state index contributed by atoms with van der Waals surface area (Å²) in [7, 11) is -4.16. The van der Waals surface area contributed by atoms with Crippen LogP contribution < -0.4 is 13.7 Å². The summed E-state index contributed by atoms with van der Waals surface area (Å²) in [5.74, 6) is 0.410. The molecule has 0 radical (unpaired) electrons. The van der Waals surface area contributed by atoms with E-state index < -0.39 is 21.3 Å². The molecule has 0 saturated carbocycles. The summed E-state index contributed by atoms with van der Waals surface area (Å²) in [6, 6.07) is 17.9. The Morgan fingerprint density at radius 1 is 1.03 bits per heavy atom. The minimum Gasteiger partial charge on any atom is -0.492 e. The molecule has 1 aliphatic rings. The Hall–Kier alpha value is -2.74. The van der Waals surface area contributed by atoms with Crippen LogP contribution >= 0.6 is 46.0 Å². The van der Waals surface area contributed by atoms with Crippen LogP contribution in [0.5, 0.6) is 17.2 Å². The first-order chi connectivity index (χ1) is 18.2. The first-order valence-corrected chi connectivity index (χ1v) is 15.0. The highest BCUT2D eigenvalue weighted by atomic mass is 127. The number of carbonyl (C=O) groups excluding carboxylic acids is 2. The number of para-hydroxylation sites is 1. The van der Waals surface area contributed by atoms with E-state index in [0.717, 1.165) is 16.7 Å². The van der Waals surface area contributed by atoms with Gasteiger partial charge in [-0.2, -0.15) is 8.42 Å². The molecule has 3 aromatic rings. The second-order valence-corrected chi connectivity index (χ2v) is 11.9. The summed E-state index contributed by atoms with van der Waals surface area (Å²) in [4.78, 5) is 26.7. The van der Waals surface area contributed by atoms with Crippen molar-refractivity contribution in [1.29, 1.82) is 0 Å². The van der Waals surface area contributed by atoms with E-state index in [-0.39, 0.29) is 41.1 Å². The van der Waals surface area contributed by atoms with Crippen LogP contribution in [0.3, 0.4) is 0 Å². The Bertz CT molecular complexity index is 1480. The second kappa shape index (κ2) is 12.4. The van der Waals surface area contributed by atoms with Crippen molar-refractivity contribution in [3.8, 4) is 17.2 Å². The van der Waals surface area contributed by atoms with Crippen molar-refractivity contribution in [2.45, 2.75) is 11.8 Å². The van der Waals surface area contributed by atoms with E-state index >= 15 is 0 Å². The summed E-state index contributed by atoms with van der Waals surface area (Å²) in [6.45, 7) is 2.26. The molecule has 0 atom stereocenters. The predicted molar refractivity (Wildman–Crippen MR) is 154 cm³/mol. The SMILES string of the molecule is CCOc1cc(/C=C2\SC(=O)N(CCOc3ccccc3)C2=O)cc(I)c1OS(=O)(=O)c1ccc(Cl)cc1. The molecular formula is C26H21ClINO7S2. The average Bonchev–Trinajstić information content (AvgIpc) is 3.14. The van der Waals surface area contributed by atoms with Gasteiger partial charge < -0.3 is 13.7 Å². The molecule has 0 spiro atoms. The summed E-state index contributed by atoms with van der Waals surface area (Å²) in [6.07, 6.45) is 1.56. The Morgan fingerprint density at radius 3 is 2.42 bits per heavy atom. The van der Waals surface area contributed by atoms with Gasteiger partial charge in [0.2, 0.25) is 0 Å². The van der Waals surface area contributed by atoms with Crippen LogP contribution in [0.1, 0.15) is 12.5 Å². The Kier molecular flexibility index (Phi) is 9.23. The third-order valence-corrected chi connectivity index (χ3v) is 8.32. The molecule has 0 aromatic heterocycles. The van der Waals surface area contributed by atoms with Crippen LogP contribution in [0.25, 0.3) is 6.08 Å². The lowest BCUT2D eigenvalue weighted by atomic mass is 10.2. The second-order valence-electron chi connectivity index (χ2n) is 7.75. The number of ether oxygens (including phenoxy) is 2. The lowest BCUT2D eigenvalue weighted by Gasteiger charge is -2.15. The van der Waals surface area contributed by atoms with Crippen molar-refractivity contribution in [3.05, 3.63) is 85.8 Å². The molecule has 2 amide bonds. The molecule has 0 bridgehead atoms. The molecule has 4 rings (SSSR count). The number of benzene rings is 3. The van der Waals surface area contributed by atoms with Gasteiger partial charge in [-0.05, 0) is 101 Å². The minimum atomic E-state index is -4.16. The molecule has 1 heterocycles. The molecule has 0 N–H and O–H groups in total. The molecule has 3 aromatic carbocycles. The van der Waals surface area contributed by atoms with Crippen molar-refractivity contribution in [1.82, 2.24) is 4.90 Å². The maximum absolute atomic E-state index is 12.9. The van der Waals surface area contributed by atoms with Crippen LogP contribution in [-0.4, -0.2) is 44.2 Å². The molecule has 0 unspecified atom stereocenters. The van der Waals surface area contributed by atoms with Crippen molar-refractivity contribution >= 4 is 73.3 Å². The Morgan fingerprint density at radius 2 is 1.74 bits per heavy atom. The summed E-state index contributed by atoms with van der Waals surface area (Å²) in [5.41, 5.74) is 0.542. The van der Waals surface area contributed by atoms with E-state index in [9.17, 15) is 18.0 Å². The van der Waals surface area contributed by atoms with Crippen LogP contribution in [0.15, 0.2) is 76.5 Å². The molecule has 12 heteroatoms. The fourth-order valence-corrected chi connectivity index (χ4v) is 6.22. The smallest absolute Gasteiger partial charge is 0.339 e. The maximum Gasteiger partial charge on any atom is 0.339 e. The molecule has 1 fully saturated rings. The van der Waals surface area contributed by atoms with Crippen LogP contribution in [0.4, 0.5) is 4.79 Å². The van der Waals surface area contributed by atoms with E-state index in [1.165, 1.54) is 24.3 Å². The summed E-state index contributed by atoms with van der Waals surface area (Å²) in [5, 5.41) is -0.00215. The maximum atomic E-state index is 12.9. The number of carbonyl (C=O) groups is 2. The molecule has 38 heavy (non-hydrogen) atoms. The fourth-order valence-electron chi connectivity index (χ4n) is 3.39. The topological polar surface area (TPSA) is 99.2 Å². The van der Waals surface area contributed by atoms with Crippen molar-refractivity contribution < 1.29 is 31.7 Å². The van der Waals surface area contributed by atoms with Crippen LogP contribution in [0, 0.1) is 3.57 Å². The normalized spacial score (nSPS) is 14.7. The monoisotopic (exact) mass is 685 g/mol. The van der Waals surface area contributed by atoms with Gasteiger partial charge >= 0.3 is 10.1 Å². The lowest BCUT2D eigenvalue weighted by Crippen LogP contribution is -2.32. The van der Waals surface area contributed by atoms with Crippen LogP contribution in [-0.2, 0) is 14.9 Å². The highest BCUT2D eigenvalue weighted by Crippen LogP contribution is 2.39. The zero-order valence-corrected chi connectivity index (χ0v) is 24.5. The average molecular weight is 686 g/mol. The zero-order chi connectivity index (χ0) is 27.3. The molecule has 1 aliphatic heterocycles. The van der Waals surface area contributed by atoms with Gasteiger partial charge in [-0.3, -0.25) is 14.5 Å². The number of thioether (sulfide) groups is 1. The van der Waals surface area contributed by atoms with Crippen molar-refractivity contribution in [2.75, 3.05) is 19.8 Å². The number of hydrogen-bond acceptors (Lipinski definition) is 8. The summed E-state index contributed by atoms with van der Waals surface area (Å²) < 4.78 is 42.8. The number of halogens is 2. The number of amides is 2. The third-order valence-electron chi connectivity index (χ3n) is 5.13. The van der Waals surface area contributed by atoms with E-state index in [4.69, 9.17) is 25.3 Å². The van der Waals surface area contributed by atoms with Gasteiger partial charge in [0, 0.05) is 5.02 Å². The van der Waals surface area contributed by atoms with E-state index in [0.29, 0.717) is 19.9 Å². The minimum absolute atomic E-state index is 0.0192. The Labute approximate surface area is 243 Å². The fraction of sp³-hybridized carbons (Fsp3) is 0.154. The van der Waals surface area contributed by atoms with Crippen molar-refractivity contribution in [3.63, 3.8) is 0 Å². The van der Waals surface area contributed by atoms with Crippen LogP contribution in [0.2, 0.25) is 5.02 Å². The number of rotatable bonds is 10. The highest BCUT2D eigenvalue weighted by Gasteiger charge is 2.35. The number of nitrogens with zero attached hydrogens (tertiary/aromatic N) is 1. The van der Waals surface area contributed by atoms with Gasteiger partial charge in [0.15, 0.2) is 11.5 Å². The zero-order valence-electron chi connectivity index (χ0n) is 19.9. The molecule has 8 nitrogen and oxygen atoms in total. The van der Waals surface area contributed by atoms with Gasteiger partial charge in [-0.15, -0.1) is 0 Å². The highest BCUT2D eigenvalue weighted by molar-refractivity contribution is 14.1. The number of imide groups is 1. The quantitative estimate of drug-likeness (QED) is 0.141. The molecule has 198 valence electrons. The summed E-state index contributed by atoms with van der Waals surface area (Å²) >= 11 is 8.62. The van der Waals surface area contributed by atoms with Gasteiger partial charge in [-0.25, -0.2) is 0 Å². The lowest BCUT2D eigenvalue weighted by molar-refractivity contribution is -0.123. The van der Waals surface area contributed by atoms with E-state index in [1.54, 1.807) is 37.3 Å². The van der Waals surface area contributed by atoms with Gasteiger partial charge in [0.25, 0.3) is 11.1 Å². The molecule has 1 saturated heterocycles. The third kappa shape index (κ3) is 6.82. The van der Waals surface area contributed by atoms with Crippen molar-refractivity contribution in [2.24, 2.45) is 0 Å². The Balaban J connectivity index is 1.53. The first-order valence-electron chi connectivity index (χ1n) is 11.3. The van der Waals surface area contributed by atoms with E-state index in [1.807, 2.05) is 40.8 Å².